The summed E-state index contributed by atoms with van der Waals surface area (Å²) in [4.78, 5) is 10.9. The fourth-order valence-electron chi connectivity index (χ4n) is 1.96. The van der Waals surface area contributed by atoms with Crippen LogP contribution in [0, 0.1) is 0 Å². The molecular formula is C15H11BO4. The molecular weight excluding hydrogens is 255 g/mol. The standard InChI is InChI=1S/C15H11BO4/c17-15(18)12-5-3-4-11(10-12)8-9-16-19-13-6-1-2-7-14(13)20-16/h1-10H,(H,17,18). The Labute approximate surface area is 116 Å². The summed E-state index contributed by atoms with van der Waals surface area (Å²) in [5, 5.41) is 8.93. The van der Waals surface area contributed by atoms with Crippen LogP contribution in [0.3, 0.4) is 0 Å². The van der Waals surface area contributed by atoms with Crippen LogP contribution >= 0.6 is 0 Å². The monoisotopic (exact) mass is 266 g/mol. The summed E-state index contributed by atoms with van der Waals surface area (Å²) in [6, 6.07) is 14.1. The predicted octanol–water partition coefficient (Wildman–Crippen LogP) is 2.90. The molecule has 0 atom stereocenters. The molecule has 0 saturated heterocycles. The summed E-state index contributed by atoms with van der Waals surface area (Å²) in [5.74, 6) is 2.23. The minimum absolute atomic E-state index is 0.253. The van der Waals surface area contributed by atoms with E-state index in [4.69, 9.17) is 14.4 Å². The lowest BCUT2D eigenvalue weighted by atomic mass is 9.89. The van der Waals surface area contributed by atoms with E-state index in [0.717, 1.165) is 5.56 Å². The SMILES string of the molecule is O=C(O)c1cccc(C=CB2Oc3ccccc3O2)c1. The Morgan fingerprint density at radius 2 is 1.75 bits per heavy atom. The van der Waals surface area contributed by atoms with Gasteiger partial charge in [0.15, 0.2) is 0 Å². The van der Waals surface area contributed by atoms with Crippen LogP contribution in [0.1, 0.15) is 15.9 Å². The number of carbonyl (C=O) groups is 1. The maximum absolute atomic E-state index is 10.9. The van der Waals surface area contributed by atoms with Gasteiger partial charge < -0.3 is 14.4 Å². The lowest BCUT2D eigenvalue weighted by Gasteiger charge is -1.99. The Kier molecular flexibility index (Phi) is 3.17. The molecule has 0 aromatic heterocycles. The molecule has 1 aliphatic rings. The molecule has 0 bridgehead atoms. The molecule has 3 rings (SSSR count). The van der Waals surface area contributed by atoms with Crippen molar-refractivity contribution in [3.05, 3.63) is 65.6 Å². The lowest BCUT2D eigenvalue weighted by Crippen LogP contribution is -2.21. The Bertz CT molecular complexity index is 656. The highest BCUT2D eigenvalue weighted by Gasteiger charge is 2.28. The number of para-hydroxylation sites is 2. The van der Waals surface area contributed by atoms with Crippen LogP contribution in [0.25, 0.3) is 6.08 Å². The van der Waals surface area contributed by atoms with Gasteiger partial charge in [-0.05, 0) is 35.8 Å². The van der Waals surface area contributed by atoms with Crippen molar-refractivity contribution in [1.82, 2.24) is 0 Å². The summed E-state index contributed by atoms with van der Waals surface area (Å²) in [5.41, 5.74) is 1.04. The Balaban J connectivity index is 1.73. The van der Waals surface area contributed by atoms with Crippen LogP contribution in [0.4, 0.5) is 0 Å². The van der Waals surface area contributed by atoms with Gasteiger partial charge in [-0.3, -0.25) is 0 Å². The van der Waals surface area contributed by atoms with Crippen molar-refractivity contribution < 1.29 is 19.2 Å². The predicted molar refractivity (Wildman–Crippen MR) is 75.9 cm³/mol. The third-order valence-electron chi connectivity index (χ3n) is 2.91. The van der Waals surface area contributed by atoms with Gasteiger partial charge in [-0.15, -0.1) is 0 Å². The number of carboxylic acid groups (broad SMARTS) is 1. The molecule has 0 saturated carbocycles. The maximum atomic E-state index is 10.9. The van der Waals surface area contributed by atoms with Gasteiger partial charge in [0.25, 0.3) is 0 Å². The summed E-state index contributed by atoms with van der Waals surface area (Å²) in [6.07, 6.45) is 1.78. The Hall–Kier alpha value is -2.69. The molecule has 1 aliphatic heterocycles. The number of rotatable bonds is 3. The van der Waals surface area contributed by atoms with Gasteiger partial charge in [0.1, 0.15) is 11.5 Å². The number of aromatic carboxylic acids is 1. The first-order valence-electron chi connectivity index (χ1n) is 6.16. The van der Waals surface area contributed by atoms with Crippen molar-refractivity contribution in [2.24, 2.45) is 0 Å². The van der Waals surface area contributed by atoms with Crippen molar-refractivity contribution in [2.45, 2.75) is 0 Å². The zero-order valence-corrected chi connectivity index (χ0v) is 10.5. The summed E-state index contributed by atoms with van der Waals surface area (Å²) in [6.45, 7) is 0. The van der Waals surface area contributed by atoms with E-state index in [2.05, 4.69) is 0 Å². The van der Waals surface area contributed by atoms with Gasteiger partial charge in [0.2, 0.25) is 0 Å². The Morgan fingerprint density at radius 3 is 2.40 bits per heavy atom. The molecule has 1 heterocycles. The minimum Gasteiger partial charge on any atom is -0.520 e. The fourth-order valence-corrected chi connectivity index (χ4v) is 1.96. The highest BCUT2D eigenvalue weighted by molar-refractivity contribution is 6.54. The van der Waals surface area contributed by atoms with Crippen molar-refractivity contribution in [3.63, 3.8) is 0 Å². The van der Waals surface area contributed by atoms with E-state index in [1.54, 1.807) is 30.3 Å². The van der Waals surface area contributed by atoms with E-state index in [-0.39, 0.29) is 5.56 Å². The van der Waals surface area contributed by atoms with Crippen LogP contribution in [0.5, 0.6) is 11.5 Å². The van der Waals surface area contributed by atoms with E-state index in [0.29, 0.717) is 11.5 Å². The number of hydrogen-bond donors (Lipinski definition) is 1. The van der Waals surface area contributed by atoms with Crippen LogP contribution in [0.15, 0.2) is 54.5 Å². The van der Waals surface area contributed by atoms with Crippen LogP contribution in [-0.2, 0) is 0 Å². The first-order valence-corrected chi connectivity index (χ1v) is 6.16. The number of carboxylic acids is 1. The zero-order chi connectivity index (χ0) is 13.9. The summed E-state index contributed by atoms with van der Waals surface area (Å²) >= 11 is 0. The van der Waals surface area contributed by atoms with Gasteiger partial charge in [-0.2, -0.15) is 0 Å². The van der Waals surface area contributed by atoms with Gasteiger partial charge in [-0.1, -0.05) is 30.3 Å². The topological polar surface area (TPSA) is 55.8 Å². The minimum atomic E-state index is -0.943. The van der Waals surface area contributed by atoms with Gasteiger partial charge in [0.05, 0.1) is 5.56 Å². The molecule has 5 heteroatoms. The van der Waals surface area contributed by atoms with E-state index in [1.165, 1.54) is 0 Å². The average Bonchev–Trinajstić information content (AvgIpc) is 2.88. The zero-order valence-electron chi connectivity index (χ0n) is 10.5. The van der Waals surface area contributed by atoms with Crippen LogP contribution in [0.2, 0.25) is 0 Å². The fraction of sp³-hybridized carbons (Fsp3) is 0. The quantitative estimate of drug-likeness (QED) is 0.868. The highest BCUT2D eigenvalue weighted by atomic mass is 16.6. The van der Waals surface area contributed by atoms with Gasteiger partial charge >= 0.3 is 13.1 Å². The number of benzene rings is 2. The van der Waals surface area contributed by atoms with Crippen LogP contribution in [-0.4, -0.2) is 18.2 Å². The smallest absolute Gasteiger partial charge is 0.520 e. The third-order valence-corrected chi connectivity index (χ3v) is 2.91. The molecule has 0 amide bonds. The largest absolute Gasteiger partial charge is 0.625 e. The van der Waals surface area contributed by atoms with Gasteiger partial charge in [-0.25, -0.2) is 4.79 Å². The maximum Gasteiger partial charge on any atom is 0.625 e. The number of fused-ring (bicyclic) bond motifs is 1. The first kappa shape index (κ1) is 12.4. The third kappa shape index (κ3) is 2.52. The van der Waals surface area contributed by atoms with E-state index in [1.807, 2.05) is 30.3 Å². The highest BCUT2D eigenvalue weighted by Crippen LogP contribution is 2.32. The average molecular weight is 266 g/mol. The molecule has 20 heavy (non-hydrogen) atoms. The van der Waals surface area contributed by atoms with E-state index < -0.39 is 13.1 Å². The lowest BCUT2D eigenvalue weighted by molar-refractivity contribution is 0.0697. The molecule has 2 aromatic carbocycles. The number of hydrogen-bond acceptors (Lipinski definition) is 3. The molecule has 1 N–H and O–H groups in total. The molecule has 98 valence electrons. The molecule has 4 nitrogen and oxygen atoms in total. The Morgan fingerprint density at radius 1 is 1.05 bits per heavy atom. The molecule has 2 aromatic rings. The van der Waals surface area contributed by atoms with E-state index in [9.17, 15) is 4.79 Å². The normalized spacial score (nSPS) is 12.9. The first-order chi connectivity index (χ1) is 9.72. The van der Waals surface area contributed by atoms with Crippen LogP contribution < -0.4 is 9.31 Å². The summed E-state index contributed by atoms with van der Waals surface area (Å²) in [7, 11) is -0.485. The van der Waals surface area contributed by atoms with Gasteiger partial charge in [0, 0.05) is 0 Å². The summed E-state index contributed by atoms with van der Waals surface area (Å²) < 4.78 is 11.2. The molecule has 0 fully saturated rings. The molecule has 0 aliphatic carbocycles. The molecule has 0 radical (unpaired) electrons. The van der Waals surface area contributed by atoms with Crippen molar-refractivity contribution in [3.8, 4) is 11.5 Å². The second-order valence-electron chi connectivity index (χ2n) is 4.34. The second kappa shape index (κ2) is 5.13. The van der Waals surface area contributed by atoms with E-state index >= 15 is 0 Å². The molecule has 0 spiro atoms. The second-order valence-corrected chi connectivity index (χ2v) is 4.34. The molecule has 0 unspecified atom stereocenters. The van der Waals surface area contributed by atoms with Crippen molar-refractivity contribution in [1.29, 1.82) is 0 Å². The van der Waals surface area contributed by atoms with Crippen molar-refractivity contribution >= 4 is 19.2 Å². The van der Waals surface area contributed by atoms with Crippen molar-refractivity contribution in [2.75, 3.05) is 0 Å².